The first-order chi connectivity index (χ1) is 16.5. The summed E-state index contributed by atoms with van der Waals surface area (Å²) in [5.74, 6) is 0.729. The summed E-state index contributed by atoms with van der Waals surface area (Å²) in [6.45, 7) is 5.30. The van der Waals surface area contributed by atoms with Crippen LogP contribution in [0.25, 0.3) is 5.69 Å². The molecule has 2 aromatic carbocycles. The zero-order valence-electron chi connectivity index (χ0n) is 19.3. The molecule has 3 rings (SSSR count). The van der Waals surface area contributed by atoms with E-state index in [1.807, 2.05) is 13.8 Å². The van der Waals surface area contributed by atoms with Crippen molar-refractivity contribution >= 4 is 11.7 Å². The molecule has 0 unspecified atom stereocenters. The van der Waals surface area contributed by atoms with E-state index in [1.165, 1.54) is 16.8 Å². The maximum absolute atomic E-state index is 13.2. The lowest BCUT2D eigenvalue weighted by molar-refractivity contribution is 0.0952. The Balaban J connectivity index is 1.61. The van der Waals surface area contributed by atoms with Gasteiger partial charge in [-0.1, -0.05) is 6.92 Å². The molecule has 3 N–H and O–H groups in total. The summed E-state index contributed by atoms with van der Waals surface area (Å²) >= 11 is 0. The van der Waals surface area contributed by atoms with E-state index in [4.69, 9.17) is 15.2 Å². The van der Waals surface area contributed by atoms with Crippen molar-refractivity contribution < 1.29 is 18.7 Å². The van der Waals surface area contributed by atoms with Crippen molar-refractivity contribution in [2.45, 2.75) is 33.1 Å². The minimum Gasteiger partial charge on any atom is -0.490 e. The molecule has 0 aliphatic heterocycles. The number of hydrogen-bond acceptors (Lipinski definition) is 6. The highest BCUT2D eigenvalue weighted by Gasteiger charge is 2.17. The Kier molecular flexibility index (Phi) is 8.46. The number of rotatable bonds is 11. The average Bonchev–Trinajstić information content (AvgIpc) is 3.16. The van der Waals surface area contributed by atoms with Crippen LogP contribution >= 0.6 is 0 Å². The Morgan fingerprint density at radius 3 is 2.62 bits per heavy atom. The van der Waals surface area contributed by atoms with Crippen LogP contribution in [0.3, 0.4) is 0 Å². The third-order valence-electron chi connectivity index (χ3n) is 5.02. The molecule has 0 aliphatic carbocycles. The lowest BCUT2D eigenvalue weighted by Crippen LogP contribution is -2.25. The molecule has 0 bridgehead atoms. The number of carbonyl (C=O) groups is 1. The van der Waals surface area contributed by atoms with E-state index < -0.39 is 0 Å². The monoisotopic (exact) mass is 465 g/mol. The number of benzene rings is 2. The molecule has 34 heavy (non-hydrogen) atoms. The fourth-order valence-corrected chi connectivity index (χ4v) is 3.36. The molecule has 0 fully saturated rings. The number of hydrogen-bond donors (Lipinski definition) is 2. The highest BCUT2D eigenvalue weighted by molar-refractivity contribution is 5.94. The van der Waals surface area contributed by atoms with E-state index in [1.54, 1.807) is 30.3 Å². The van der Waals surface area contributed by atoms with Crippen LogP contribution in [0.1, 0.15) is 48.3 Å². The lowest BCUT2D eigenvalue weighted by atomic mass is 10.1. The van der Waals surface area contributed by atoms with Crippen molar-refractivity contribution in [3.63, 3.8) is 0 Å². The van der Waals surface area contributed by atoms with E-state index in [9.17, 15) is 14.4 Å². The van der Waals surface area contributed by atoms with Crippen LogP contribution in [0.5, 0.6) is 11.5 Å². The van der Waals surface area contributed by atoms with Gasteiger partial charge in [0.2, 0.25) is 0 Å². The van der Waals surface area contributed by atoms with Gasteiger partial charge in [-0.3, -0.25) is 4.79 Å². The van der Waals surface area contributed by atoms with Crippen molar-refractivity contribution in [2.24, 2.45) is 0 Å². The van der Waals surface area contributed by atoms with Gasteiger partial charge < -0.3 is 20.5 Å². The van der Waals surface area contributed by atoms with Crippen molar-refractivity contribution in [2.75, 3.05) is 25.5 Å². The molecule has 9 heteroatoms. The molecule has 0 spiro atoms. The first-order valence-corrected chi connectivity index (χ1v) is 11.2. The Morgan fingerprint density at radius 2 is 1.94 bits per heavy atom. The second-order valence-electron chi connectivity index (χ2n) is 7.51. The van der Waals surface area contributed by atoms with Crippen molar-refractivity contribution in [3.05, 3.63) is 65.1 Å². The van der Waals surface area contributed by atoms with Crippen molar-refractivity contribution in [1.29, 1.82) is 5.26 Å². The molecule has 178 valence electrons. The highest BCUT2D eigenvalue weighted by atomic mass is 19.1. The Labute approximate surface area is 198 Å². The van der Waals surface area contributed by atoms with Gasteiger partial charge in [-0.25, -0.2) is 9.07 Å². The molecular weight excluding hydrogens is 437 g/mol. The zero-order chi connectivity index (χ0) is 24.5. The predicted octanol–water partition coefficient (Wildman–Crippen LogP) is 4.02. The number of carbonyl (C=O) groups excluding carboxylic acids is 1. The number of nitrogens with zero attached hydrogens (tertiary/aromatic N) is 3. The number of nitrogens with one attached hydrogen (secondary N) is 1. The smallest absolute Gasteiger partial charge is 0.251 e. The SMILES string of the molecule is CCCOc1ccc(C(=O)NCCCc2nn(-c3ccc(F)cc3)c(N)c2C#N)cc1OCC. The van der Waals surface area contributed by atoms with Crippen LogP contribution in [-0.4, -0.2) is 35.4 Å². The summed E-state index contributed by atoms with van der Waals surface area (Å²) < 4.78 is 25.9. The second-order valence-corrected chi connectivity index (χ2v) is 7.51. The quantitative estimate of drug-likeness (QED) is 0.414. The molecule has 1 heterocycles. The highest BCUT2D eigenvalue weighted by Crippen LogP contribution is 2.28. The van der Waals surface area contributed by atoms with Crippen LogP contribution in [0.2, 0.25) is 0 Å². The van der Waals surface area contributed by atoms with Crippen LogP contribution in [0.4, 0.5) is 10.2 Å². The van der Waals surface area contributed by atoms with Gasteiger partial charge in [-0.2, -0.15) is 10.4 Å². The topological polar surface area (TPSA) is 115 Å². The molecule has 0 saturated carbocycles. The number of aromatic nitrogens is 2. The molecule has 3 aromatic rings. The largest absolute Gasteiger partial charge is 0.490 e. The van der Waals surface area contributed by atoms with Gasteiger partial charge >= 0.3 is 0 Å². The molecule has 0 atom stereocenters. The van der Waals surface area contributed by atoms with Gasteiger partial charge in [-0.15, -0.1) is 0 Å². The molecule has 0 radical (unpaired) electrons. The van der Waals surface area contributed by atoms with Crippen LogP contribution in [-0.2, 0) is 6.42 Å². The number of aryl methyl sites for hydroxylation is 1. The number of ether oxygens (including phenoxy) is 2. The fraction of sp³-hybridized carbons (Fsp3) is 0.320. The second kappa shape index (κ2) is 11.7. The third kappa shape index (κ3) is 5.84. The predicted molar refractivity (Wildman–Crippen MR) is 127 cm³/mol. The molecular formula is C25H28FN5O3. The summed E-state index contributed by atoms with van der Waals surface area (Å²) in [6.07, 6.45) is 1.86. The van der Waals surface area contributed by atoms with Gasteiger partial charge in [0, 0.05) is 12.1 Å². The molecule has 1 amide bonds. The first kappa shape index (κ1) is 24.6. The minimum absolute atomic E-state index is 0.196. The number of anilines is 1. The standard InChI is InChI=1S/C25H28FN5O3/c1-3-14-34-22-12-7-17(15-23(22)33-4-2)25(32)29-13-5-6-21-20(16-27)24(28)31(30-21)19-10-8-18(26)9-11-19/h7-12,15H,3-6,13-14,28H2,1-2H3,(H,29,32). The molecule has 0 aliphatic rings. The maximum Gasteiger partial charge on any atom is 0.251 e. The summed E-state index contributed by atoms with van der Waals surface area (Å²) in [7, 11) is 0. The third-order valence-corrected chi connectivity index (χ3v) is 5.02. The number of halogens is 1. The fourth-order valence-electron chi connectivity index (χ4n) is 3.36. The minimum atomic E-state index is -0.373. The van der Waals surface area contributed by atoms with Gasteiger partial charge in [-0.05, 0) is 68.7 Å². The summed E-state index contributed by atoms with van der Waals surface area (Å²) in [5, 5.41) is 16.8. The maximum atomic E-state index is 13.2. The molecule has 1 aromatic heterocycles. The zero-order valence-corrected chi connectivity index (χ0v) is 19.3. The number of amides is 1. The first-order valence-electron chi connectivity index (χ1n) is 11.2. The van der Waals surface area contributed by atoms with Gasteiger partial charge in [0.25, 0.3) is 5.91 Å². The van der Waals surface area contributed by atoms with Crippen LogP contribution in [0.15, 0.2) is 42.5 Å². The average molecular weight is 466 g/mol. The Bertz CT molecular complexity index is 1170. The van der Waals surface area contributed by atoms with Crippen molar-refractivity contribution in [1.82, 2.24) is 15.1 Å². The van der Waals surface area contributed by atoms with Gasteiger partial charge in [0.1, 0.15) is 23.3 Å². The van der Waals surface area contributed by atoms with Crippen LogP contribution in [0, 0.1) is 17.1 Å². The lowest BCUT2D eigenvalue weighted by Gasteiger charge is -2.13. The van der Waals surface area contributed by atoms with E-state index in [0.29, 0.717) is 61.0 Å². The molecule has 0 saturated heterocycles. The van der Waals surface area contributed by atoms with E-state index in [0.717, 1.165) is 6.42 Å². The van der Waals surface area contributed by atoms with E-state index in [-0.39, 0.29) is 23.1 Å². The Hall–Kier alpha value is -4.06. The number of nitriles is 1. The van der Waals surface area contributed by atoms with Crippen LogP contribution < -0.4 is 20.5 Å². The Morgan fingerprint density at radius 1 is 1.18 bits per heavy atom. The van der Waals surface area contributed by atoms with E-state index >= 15 is 0 Å². The van der Waals surface area contributed by atoms with Crippen molar-refractivity contribution in [3.8, 4) is 23.3 Å². The summed E-state index contributed by atoms with van der Waals surface area (Å²) in [6, 6.07) is 12.9. The van der Waals surface area contributed by atoms with E-state index in [2.05, 4.69) is 16.5 Å². The van der Waals surface area contributed by atoms with Gasteiger partial charge in [0.05, 0.1) is 24.6 Å². The number of nitrogen functional groups attached to an aromatic ring is 1. The molecule has 8 nitrogen and oxygen atoms in total. The summed E-state index contributed by atoms with van der Waals surface area (Å²) in [5.41, 5.74) is 7.92. The van der Waals surface area contributed by atoms with Gasteiger partial charge in [0.15, 0.2) is 11.5 Å². The normalized spacial score (nSPS) is 10.5. The number of nitrogens with two attached hydrogens (primary N) is 1. The summed E-state index contributed by atoms with van der Waals surface area (Å²) in [4.78, 5) is 12.6.